The van der Waals surface area contributed by atoms with Crippen molar-refractivity contribution in [3.05, 3.63) is 34.1 Å². The molecule has 0 saturated carbocycles. The van der Waals surface area contributed by atoms with Gasteiger partial charge >= 0.3 is 5.69 Å². The van der Waals surface area contributed by atoms with Gasteiger partial charge < -0.3 is 4.74 Å². The van der Waals surface area contributed by atoms with Crippen molar-refractivity contribution >= 4 is 15.7 Å². The molecular weight excluding hydrogens is 303 g/mol. The van der Waals surface area contributed by atoms with Crippen molar-refractivity contribution in [2.45, 2.75) is 24.7 Å². The summed E-state index contributed by atoms with van der Waals surface area (Å²) in [4.78, 5) is 9.19. The molecule has 1 N–H and O–H groups in total. The Morgan fingerprint density at radius 2 is 2.10 bits per heavy atom. The average Bonchev–Trinajstić information content (AvgIpc) is 2.42. The predicted molar refractivity (Wildman–Crippen MR) is 74.0 cm³/mol. The summed E-state index contributed by atoms with van der Waals surface area (Å²) in [6, 6.07) is 2.43. The quantitative estimate of drug-likeness (QED) is 0.425. The molecule has 21 heavy (non-hydrogen) atoms. The van der Waals surface area contributed by atoms with E-state index in [0.717, 1.165) is 25.0 Å². The fraction of sp³-hybridized carbons (Fsp3) is 0.500. The summed E-state index contributed by atoms with van der Waals surface area (Å²) < 4.78 is 44.5. The largest absolute Gasteiger partial charge is 0.380 e. The first-order valence-corrected chi connectivity index (χ1v) is 7.88. The van der Waals surface area contributed by atoms with Crippen LogP contribution in [0.4, 0.5) is 10.1 Å². The minimum Gasteiger partial charge on any atom is -0.380 e. The number of nitrogens with one attached hydrogen (secondary N) is 1. The lowest BCUT2D eigenvalue weighted by Gasteiger charge is -2.07. The van der Waals surface area contributed by atoms with E-state index in [4.69, 9.17) is 4.74 Å². The summed E-state index contributed by atoms with van der Waals surface area (Å²) in [6.45, 7) is 2.80. The molecule has 118 valence electrons. The van der Waals surface area contributed by atoms with Gasteiger partial charge in [0, 0.05) is 25.3 Å². The van der Waals surface area contributed by atoms with Gasteiger partial charge in [-0.3, -0.25) is 10.1 Å². The Hall–Kier alpha value is -1.58. The molecule has 0 aliphatic rings. The van der Waals surface area contributed by atoms with Crippen LogP contribution in [0.1, 0.15) is 19.8 Å². The number of halogens is 1. The third-order valence-electron chi connectivity index (χ3n) is 2.61. The molecule has 0 aliphatic heterocycles. The molecule has 7 nitrogen and oxygen atoms in total. The predicted octanol–water partition coefficient (Wildman–Crippen LogP) is 1.83. The van der Waals surface area contributed by atoms with Crippen LogP contribution in [-0.2, 0) is 14.8 Å². The number of rotatable bonds is 9. The van der Waals surface area contributed by atoms with E-state index < -0.39 is 26.5 Å². The first-order chi connectivity index (χ1) is 9.88. The summed E-state index contributed by atoms with van der Waals surface area (Å²) in [5.74, 6) is -1.19. The zero-order valence-corrected chi connectivity index (χ0v) is 12.4. The van der Waals surface area contributed by atoms with Crippen LogP contribution in [0.25, 0.3) is 0 Å². The molecule has 0 heterocycles. The number of sulfonamides is 1. The summed E-state index contributed by atoms with van der Waals surface area (Å²) >= 11 is 0. The highest BCUT2D eigenvalue weighted by Crippen LogP contribution is 2.20. The van der Waals surface area contributed by atoms with Crippen LogP contribution in [0.5, 0.6) is 0 Å². The van der Waals surface area contributed by atoms with Gasteiger partial charge in [-0.1, -0.05) is 13.3 Å². The monoisotopic (exact) mass is 320 g/mol. The maximum absolute atomic E-state index is 13.4. The zero-order chi connectivity index (χ0) is 15.9. The van der Waals surface area contributed by atoms with Crippen LogP contribution in [0.3, 0.4) is 0 Å². The van der Waals surface area contributed by atoms with Gasteiger partial charge in [0.25, 0.3) is 0 Å². The van der Waals surface area contributed by atoms with Gasteiger partial charge in [-0.05, 0) is 12.5 Å². The lowest BCUT2D eigenvalue weighted by atomic mass is 10.3. The van der Waals surface area contributed by atoms with Crippen LogP contribution in [0.2, 0.25) is 0 Å². The van der Waals surface area contributed by atoms with E-state index in [1.165, 1.54) is 0 Å². The molecule has 0 aromatic heterocycles. The standard InChI is InChI=1S/C12H17FN2O5S/c1-2-3-7-20-8-6-14-21(18,19)10-4-5-12(15(16)17)11(13)9-10/h4-5,9,14H,2-3,6-8H2,1H3. The highest BCUT2D eigenvalue weighted by atomic mass is 32.2. The molecular formula is C12H17FN2O5S. The van der Waals surface area contributed by atoms with E-state index in [-0.39, 0.29) is 18.0 Å². The Labute approximate surface area is 122 Å². The second-order valence-corrected chi connectivity index (χ2v) is 6.00. The van der Waals surface area contributed by atoms with Gasteiger partial charge in [0.15, 0.2) is 0 Å². The fourth-order valence-corrected chi connectivity index (χ4v) is 2.51. The number of hydrogen-bond donors (Lipinski definition) is 1. The van der Waals surface area contributed by atoms with Crippen molar-refractivity contribution in [3.63, 3.8) is 0 Å². The maximum Gasteiger partial charge on any atom is 0.304 e. The lowest BCUT2D eigenvalue weighted by molar-refractivity contribution is -0.387. The number of benzene rings is 1. The molecule has 0 fully saturated rings. The molecule has 0 atom stereocenters. The van der Waals surface area contributed by atoms with Crippen LogP contribution >= 0.6 is 0 Å². The number of nitro benzene ring substituents is 1. The molecule has 0 radical (unpaired) electrons. The van der Waals surface area contributed by atoms with Gasteiger partial charge in [-0.15, -0.1) is 0 Å². The number of unbranched alkanes of at least 4 members (excludes halogenated alkanes) is 1. The fourth-order valence-electron chi connectivity index (χ4n) is 1.48. The smallest absolute Gasteiger partial charge is 0.304 e. The number of hydrogen-bond acceptors (Lipinski definition) is 5. The highest BCUT2D eigenvalue weighted by Gasteiger charge is 2.20. The normalized spacial score (nSPS) is 11.5. The minimum absolute atomic E-state index is 0.0463. The van der Waals surface area contributed by atoms with Gasteiger partial charge in [0.05, 0.1) is 16.4 Å². The SMILES string of the molecule is CCCCOCCNS(=O)(=O)c1ccc([N+](=O)[O-])c(F)c1. The topological polar surface area (TPSA) is 98.5 Å². The molecule has 1 aromatic rings. The first kappa shape index (κ1) is 17.5. The van der Waals surface area contributed by atoms with Crippen molar-refractivity contribution < 1.29 is 22.5 Å². The molecule has 0 unspecified atom stereocenters. The summed E-state index contributed by atoms with van der Waals surface area (Å²) in [5.41, 5.74) is -0.767. The second-order valence-electron chi connectivity index (χ2n) is 4.23. The molecule has 1 aromatic carbocycles. The van der Waals surface area contributed by atoms with Crippen LogP contribution in [0.15, 0.2) is 23.1 Å². The van der Waals surface area contributed by atoms with Gasteiger partial charge in [0.2, 0.25) is 15.8 Å². The molecule has 9 heteroatoms. The first-order valence-electron chi connectivity index (χ1n) is 6.40. The molecule has 1 rings (SSSR count). The number of nitro groups is 1. The van der Waals surface area contributed by atoms with Gasteiger partial charge in [0.1, 0.15) is 0 Å². The van der Waals surface area contributed by atoms with Crippen molar-refractivity contribution in [3.8, 4) is 0 Å². The Morgan fingerprint density at radius 3 is 2.67 bits per heavy atom. The Bertz CT molecular complexity index is 591. The second kappa shape index (κ2) is 8.01. The molecule has 0 amide bonds. The van der Waals surface area contributed by atoms with Crippen molar-refractivity contribution in [2.75, 3.05) is 19.8 Å². The van der Waals surface area contributed by atoms with E-state index in [2.05, 4.69) is 4.72 Å². The van der Waals surface area contributed by atoms with E-state index in [0.29, 0.717) is 12.7 Å². The van der Waals surface area contributed by atoms with Gasteiger partial charge in [-0.25, -0.2) is 13.1 Å². The molecule has 0 spiro atoms. The zero-order valence-electron chi connectivity index (χ0n) is 11.5. The molecule has 0 bridgehead atoms. The number of ether oxygens (including phenoxy) is 1. The Balaban J connectivity index is 2.62. The van der Waals surface area contributed by atoms with E-state index >= 15 is 0 Å². The third kappa shape index (κ3) is 5.37. The van der Waals surface area contributed by atoms with E-state index in [1.54, 1.807) is 0 Å². The van der Waals surface area contributed by atoms with E-state index in [9.17, 15) is 22.9 Å². The molecule has 0 saturated heterocycles. The maximum atomic E-state index is 13.4. The van der Waals surface area contributed by atoms with E-state index in [1.807, 2.05) is 6.92 Å². The summed E-state index contributed by atoms with van der Waals surface area (Å²) in [6.07, 6.45) is 1.87. The summed E-state index contributed by atoms with van der Waals surface area (Å²) in [7, 11) is -3.91. The van der Waals surface area contributed by atoms with Crippen LogP contribution < -0.4 is 4.72 Å². The average molecular weight is 320 g/mol. The summed E-state index contributed by atoms with van der Waals surface area (Å²) in [5, 5.41) is 10.5. The minimum atomic E-state index is -3.91. The highest BCUT2D eigenvalue weighted by molar-refractivity contribution is 7.89. The third-order valence-corrected chi connectivity index (χ3v) is 4.07. The molecule has 0 aliphatic carbocycles. The lowest BCUT2D eigenvalue weighted by Crippen LogP contribution is -2.27. The van der Waals surface area contributed by atoms with Crippen molar-refractivity contribution in [1.82, 2.24) is 4.72 Å². The Morgan fingerprint density at radius 1 is 1.38 bits per heavy atom. The van der Waals surface area contributed by atoms with Crippen LogP contribution in [0, 0.1) is 15.9 Å². The number of nitrogens with zero attached hydrogens (tertiary/aromatic N) is 1. The van der Waals surface area contributed by atoms with Gasteiger partial charge in [-0.2, -0.15) is 4.39 Å². The van der Waals surface area contributed by atoms with Crippen molar-refractivity contribution in [1.29, 1.82) is 0 Å². The van der Waals surface area contributed by atoms with Crippen molar-refractivity contribution in [2.24, 2.45) is 0 Å². The Kier molecular flexibility index (Phi) is 6.66. The van der Waals surface area contributed by atoms with Crippen LogP contribution in [-0.4, -0.2) is 33.1 Å².